The van der Waals surface area contributed by atoms with Crippen LogP contribution in [0.3, 0.4) is 0 Å². The molecule has 0 aromatic heterocycles. The third-order valence-corrected chi connectivity index (χ3v) is 1.72. The van der Waals surface area contributed by atoms with E-state index in [1.54, 1.807) is 0 Å². The Labute approximate surface area is 59.4 Å². The summed E-state index contributed by atoms with van der Waals surface area (Å²) in [7, 11) is 1.49. The fourth-order valence-electron chi connectivity index (χ4n) is 1.07. The zero-order chi connectivity index (χ0) is 7.56. The molecule has 0 aromatic rings. The van der Waals surface area contributed by atoms with Gasteiger partial charge in [0.25, 0.3) is 0 Å². The van der Waals surface area contributed by atoms with Gasteiger partial charge in [-0.2, -0.15) is 0 Å². The molecule has 1 saturated heterocycles. The minimum Gasteiger partial charge on any atom is -0.396 e. The van der Waals surface area contributed by atoms with Gasteiger partial charge in [0.1, 0.15) is 0 Å². The van der Waals surface area contributed by atoms with E-state index in [4.69, 9.17) is 19.7 Å². The van der Waals surface area contributed by atoms with Gasteiger partial charge in [0.2, 0.25) is 0 Å². The SMILES string of the molecule is CO[C@H]1OC[C@@H](O)[C@H]1CO. The zero-order valence-corrected chi connectivity index (χ0v) is 5.86. The Kier molecular flexibility index (Phi) is 2.62. The molecule has 0 radical (unpaired) electrons. The highest BCUT2D eigenvalue weighted by atomic mass is 16.7. The number of methoxy groups -OCH3 is 1. The van der Waals surface area contributed by atoms with Crippen LogP contribution in [0.25, 0.3) is 0 Å². The molecule has 0 amide bonds. The van der Waals surface area contributed by atoms with Crippen LogP contribution in [0.1, 0.15) is 0 Å². The second kappa shape index (κ2) is 3.30. The lowest BCUT2D eigenvalue weighted by molar-refractivity contribution is -0.117. The third-order valence-electron chi connectivity index (χ3n) is 1.72. The Balaban J connectivity index is 2.45. The van der Waals surface area contributed by atoms with E-state index in [0.717, 1.165) is 0 Å². The molecule has 0 spiro atoms. The number of hydrogen-bond donors (Lipinski definition) is 2. The van der Waals surface area contributed by atoms with Gasteiger partial charge in [0.15, 0.2) is 6.29 Å². The molecule has 1 aliphatic heterocycles. The van der Waals surface area contributed by atoms with Crippen LogP contribution in [0, 0.1) is 5.92 Å². The number of aliphatic hydroxyl groups excluding tert-OH is 2. The van der Waals surface area contributed by atoms with Gasteiger partial charge in [-0.3, -0.25) is 0 Å². The van der Waals surface area contributed by atoms with E-state index in [1.165, 1.54) is 7.11 Å². The molecule has 0 bridgehead atoms. The standard InChI is InChI=1S/C6H12O4/c1-9-6-4(2-7)5(8)3-10-6/h4-8H,2-3H2,1H3/t4-,5-,6+/m1/s1. The van der Waals surface area contributed by atoms with Gasteiger partial charge in [-0.05, 0) is 0 Å². The predicted molar refractivity (Wildman–Crippen MR) is 33.3 cm³/mol. The minimum atomic E-state index is -0.588. The molecular formula is C6H12O4. The average Bonchev–Trinajstić information content (AvgIpc) is 2.30. The van der Waals surface area contributed by atoms with Crippen LogP contribution >= 0.6 is 0 Å². The topological polar surface area (TPSA) is 58.9 Å². The molecule has 60 valence electrons. The summed E-state index contributed by atoms with van der Waals surface area (Å²) in [6.45, 7) is 0.156. The first-order chi connectivity index (χ1) is 4.79. The van der Waals surface area contributed by atoms with Gasteiger partial charge in [0.05, 0.1) is 25.2 Å². The average molecular weight is 148 g/mol. The predicted octanol–water partition coefficient (Wildman–Crippen LogP) is -1.04. The maximum Gasteiger partial charge on any atom is 0.164 e. The Hall–Kier alpha value is -0.160. The fourth-order valence-corrected chi connectivity index (χ4v) is 1.07. The molecule has 0 aromatic carbocycles. The van der Waals surface area contributed by atoms with Crippen molar-refractivity contribution in [1.82, 2.24) is 0 Å². The van der Waals surface area contributed by atoms with Crippen LogP contribution in [0.4, 0.5) is 0 Å². The van der Waals surface area contributed by atoms with Crippen molar-refractivity contribution in [3.63, 3.8) is 0 Å². The lowest BCUT2D eigenvalue weighted by Crippen LogP contribution is -2.28. The highest BCUT2D eigenvalue weighted by molar-refractivity contribution is 4.77. The summed E-state index contributed by atoms with van der Waals surface area (Å²) in [6.07, 6.45) is -1.03. The molecule has 10 heavy (non-hydrogen) atoms. The second-order valence-electron chi connectivity index (χ2n) is 2.35. The highest BCUT2D eigenvalue weighted by Crippen LogP contribution is 2.20. The van der Waals surface area contributed by atoms with E-state index >= 15 is 0 Å². The second-order valence-corrected chi connectivity index (χ2v) is 2.35. The summed E-state index contributed by atoms with van der Waals surface area (Å²) in [6, 6.07) is 0. The van der Waals surface area contributed by atoms with Crippen LogP contribution < -0.4 is 0 Å². The molecule has 1 fully saturated rings. The van der Waals surface area contributed by atoms with Crippen molar-refractivity contribution in [2.75, 3.05) is 20.3 Å². The van der Waals surface area contributed by atoms with Gasteiger partial charge in [0, 0.05) is 7.11 Å². The molecule has 4 heteroatoms. The van der Waals surface area contributed by atoms with E-state index in [9.17, 15) is 0 Å². The number of rotatable bonds is 2. The monoisotopic (exact) mass is 148 g/mol. The largest absolute Gasteiger partial charge is 0.396 e. The maximum atomic E-state index is 9.13. The van der Waals surface area contributed by atoms with Crippen molar-refractivity contribution in [3.05, 3.63) is 0 Å². The van der Waals surface area contributed by atoms with Gasteiger partial charge in [-0.1, -0.05) is 0 Å². The Bertz CT molecular complexity index is 106. The van der Waals surface area contributed by atoms with Crippen molar-refractivity contribution < 1.29 is 19.7 Å². The quantitative estimate of drug-likeness (QED) is 0.525. The Morgan fingerprint density at radius 3 is 2.80 bits per heavy atom. The zero-order valence-electron chi connectivity index (χ0n) is 5.86. The molecule has 3 atom stereocenters. The number of hydrogen-bond acceptors (Lipinski definition) is 4. The molecule has 1 rings (SSSR count). The maximum absolute atomic E-state index is 9.13. The molecule has 0 aliphatic carbocycles. The first-order valence-electron chi connectivity index (χ1n) is 3.23. The van der Waals surface area contributed by atoms with Crippen LogP contribution in [0.5, 0.6) is 0 Å². The lowest BCUT2D eigenvalue weighted by Gasteiger charge is -2.15. The molecule has 0 saturated carbocycles. The van der Waals surface area contributed by atoms with Gasteiger partial charge in [-0.15, -0.1) is 0 Å². The molecule has 1 aliphatic rings. The minimum absolute atomic E-state index is 0.0975. The van der Waals surface area contributed by atoms with Crippen LogP contribution in [-0.2, 0) is 9.47 Å². The molecular weight excluding hydrogens is 136 g/mol. The van der Waals surface area contributed by atoms with Crippen molar-refractivity contribution in [3.8, 4) is 0 Å². The van der Waals surface area contributed by atoms with Crippen LogP contribution in [0.15, 0.2) is 0 Å². The first-order valence-corrected chi connectivity index (χ1v) is 3.23. The summed E-state index contributed by atoms with van der Waals surface area (Å²) in [5.74, 6) is -0.287. The summed E-state index contributed by atoms with van der Waals surface area (Å²) in [5.41, 5.74) is 0. The lowest BCUT2D eigenvalue weighted by atomic mass is 10.1. The van der Waals surface area contributed by atoms with Gasteiger partial charge >= 0.3 is 0 Å². The molecule has 4 nitrogen and oxygen atoms in total. The third kappa shape index (κ3) is 1.29. The summed E-state index contributed by atoms with van der Waals surface area (Å²) >= 11 is 0. The normalized spacial score (nSPS) is 40.5. The number of ether oxygens (including phenoxy) is 2. The van der Waals surface area contributed by atoms with Gasteiger partial charge in [-0.25, -0.2) is 0 Å². The van der Waals surface area contributed by atoms with E-state index < -0.39 is 12.4 Å². The molecule has 0 unspecified atom stereocenters. The van der Waals surface area contributed by atoms with E-state index in [-0.39, 0.29) is 19.1 Å². The summed E-state index contributed by atoms with van der Waals surface area (Å²) < 4.78 is 9.83. The Morgan fingerprint density at radius 1 is 1.70 bits per heavy atom. The van der Waals surface area contributed by atoms with Crippen molar-refractivity contribution >= 4 is 0 Å². The smallest absolute Gasteiger partial charge is 0.164 e. The summed E-state index contributed by atoms with van der Waals surface area (Å²) in [4.78, 5) is 0. The van der Waals surface area contributed by atoms with E-state index in [0.29, 0.717) is 0 Å². The van der Waals surface area contributed by atoms with Crippen LogP contribution in [0.2, 0.25) is 0 Å². The van der Waals surface area contributed by atoms with Crippen molar-refractivity contribution in [2.24, 2.45) is 5.92 Å². The van der Waals surface area contributed by atoms with Crippen LogP contribution in [-0.4, -0.2) is 42.9 Å². The molecule has 2 N–H and O–H groups in total. The highest BCUT2D eigenvalue weighted by Gasteiger charge is 2.35. The van der Waals surface area contributed by atoms with Gasteiger partial charge < -0.3 is 19.7 Å². The molecule has 1 heterocycles. The number of aliphatic hydroxyl groups is 2. The fraction of sp³-hybridized carbons (Fsp3) is 1.00. The first kappa shape index (κ1) is 7.94. The van der Waals surface area contributed by atoms with Crippen molar-refractivity contribution in [2.45, 2.75) is 12.4 Å². The van der Waals surface area contributed by atoms with E-state index in [2.05, 4.69) is 0 Å². The van der Waals surface area contributed by atoms with E-state index in [1.807, 2.05) is 0 Å². The summed E-state index contributed by atoms with van der Waals surface area (Å²) in [5, 5.41) is 17.8. The van der Waals surface area contributed by atoms with Crippen molar-refractivity contribution in [1.29, 1.82) is 0 Å². The Morgan fingerprint density at radius 2 is 2.40 bits per heavy atom.